The minimum Gasteiger partial charge on any atom is -0.366 e. The molecule has 2 atom stereocenters. The van der Waals surface area contributed by atoms with Crippen molar-refractivity contribution in [3.05, 3.63) is 70.2 Å². The average molecular weight is 440 g/mol. The number of nitrogens with zero attached hydrogens (tertiary/aromatic N) is 2. The van der Waals surface area contributed by atoms with Crippen LogP contribution in [0.2, 0.25) is 0 Å². The SMILES string of the molecule is Cl.OC1(c2ccc(Br)cc2)C(CCc2ccccc2)SC2=NCCN21. The van der Waals surface area contributed by atoms with E-state index in [0.29, 0.717) is 0 Å². The van der Waals surface area contributed by atoms with Gasteiger partial charge < -0.3 is 10.0 Å². The molecule has 2 aliphatic heterocycles. The van der Waals surface area contributed by atoms with Crippen molar-refractivity contribution in [2.45, 2.75) is 23.8 Å². The molecular weight excluding hydrogens is 420 g/mol. The van der Waals surface area contributed by atoms with Crippen molar-refractivity contribution in [1.82, 2.24) is 4.90 Å². The number of aliphatic imine (C=N–C) groups is 1. The van der Waals surface area contributed by atoms with Crippen molar-refractivity contribution in [3.63, 3.8) is 0 Å². The summed E-state index contributed by atoms with van der Waals surface area (Å²) in [5.74, 6) is 0. The zero-order valence-electron chi connectivity index (χ0n) is 13.6. The lowest BCUT2D eigenvalue weighted by Gasteiger charge is -2.36. The highest BCUT2D eigenvalue weighted by atomic mass is 79.9. The molecule has 1 fully saturated rings. The van der Waals surface area contributed by atoms with E-state index in [9.17, 15) is 5.11 Å². The van der Waals surface area contributed by atoms with Crippen molar-refractivity contribution in [1.29, 1.82) is 0 Å². The smallest absolute Gasteiger partial charge is 0.178 e. The van der Waals surface area contributed by atoms with Crippen LogP contribution in [0, 0.1) is 0 Å². The van der Waals surface area contributed by atoms with Gasteiger partial charge in [0.05, 0.1) is 11.8 Å². The van der Waals surface area contributed by atoms with E-state index in [1.807, 2.05) is 30.3 Å². The Morgan fingerprint density at radius 2 is 1.88 bits per heavy atom. The molecule has 25 heavy (non-hydrogen) atoms. The summed E-state index contributed by atoms with van der Waals surface area (Å²) in [6, 6.07) is 18.5. The fourth-order valence-corrected chi connectivity index (χ4v) is 5.17. The molecule has 0 spiro atoms. The summed E-state index contributed by atoms with van der Waals surface area (Å²) in [6.07, 6.45) is 1.87. The summed E-state index contributed by atoms with van der Waals surface area (Å²) < 4.78 is 1.02. The second kappa shape index (κ2) is 7.70. The van der Waals surface area contributed by atoms with Crippen LogP contribution in [0.25, 0.3) is 0 Å². The Morgan fingerprint density at radius 3 is 2.60 bits per heavy atom. The van der Waals surface area contributed by atoms with E-state index >= 15 is 0 Å². The van der Waals surface area contributed by atoms with Crippen LogP contribution in [-0.2, 0) is 12.1 Å². The number of thioether (sulfide) groups is 1. The molecule has 0 amide bonds. The highest BCUT2D eigenvalue weighted by Gasteiger charge is 2.53. The third-order valence-corrected chi connectivity index (χ3v) is 6.65. The van der Waals surface area contributed by atoms with Crippen LogP contribution in [0.5, 0.6) is 0 Å². The van der Waals surface area contributed by atoms with Crippen molar-refractivity contribution in [2.24, 2.45) is 4.99 Å². The Labute approximate surface area is 167 Å². The zero-order chi connectivity index (χ0) is 16.6. The number of rotatable bonds is 4. The number of hydrogen-bond donors (Lipinski definition) is 1. The maximum absolute atomic E-state index is 11.7. The van der Waals surface area contributed by atoms with Crippen LogP contribution in [0.1, 0.15) is 17.5 Å². The molecule has 6 heteroatoms. The Hall–Kier alpha value is -1.01. The van der Waals surface area contributed by atoms with E-state index in [-0.39, 0.29) is 17.7 Å². The van der Waals surface area contributed by atoms with Gasteiger partial charge in [0.2, 0.25) is 0 Å². The fourth-order valence-electron chi connectivity index (χ4n) is 3.47. The molecular formula is C19H20BrClN2OS. The first-order valence-corrected chi connectivity index (χ1v) is 9.86. The van der Waals surface area contributed by atoms with Crippen LogP contribution in [0.15, 0.2) is 64.1 Å². The normalized spacial score (nSPS) is 24.6. The molecule has 3 nitrogen and oxygen atoms in total. The molecule has 2 unspecified atom stereocenters. The first-order chi connectivity index (χ1) is 11.7. The quantitative estimate of drug-likeness (QED) is 0.765. The third-order valence-electron chi connectivity index (χ3n) is 4.72. The zero-order valence-corrected chi connectivity index (χ0v) is 16.9. The minimum absolute atomic E-state index is 0. The molecule has 1 N–H and O–H groups in total. The van der Waals surface area contributed by atoms with Gasteiger partial charge >= 0.3 is 0 Å². The van der Waals surface area contributed by atoms with Gasteiger partial charge in [-0.25, -0.2) is 0 Å². The molecule has 4 rings (SSSR count). The van der Waals surface area contributed by atoms with Crippen molar-refractivity contribution < 1.29 is 5.11 Å². The second-order valence-electron chi connectivity index (χ2n) is 6.18. The van der Waals surface area contributed by atoms with Gasteiger partial charge in [-0.1, -0.05) is 70.2 Å². The number of aliphatic hydroxyl groups is 1. The van der Waals surface area contributed by atoms with Gasteiger partial charge in [0.15, 0.2) is 10.9 Å². The maximum Gasteiger partial charge on any atom is 0.178 e. The summed E-state index contributed by atoms with van der Waals surface area (Å²) in [5, 5.41) is 12.7. The molecule has 0 bridgehead atoms. The lowest BCUT2D eigenvalue weighted by atomic mass is 9.93. The Bertz CT molecular complexity index is 756. The summed E-state index contributed by atoms with van der Waals surface area (Å²) in [5.41, 5.74) is 1.28. The largest absolute Gasteiger partial charge is 0.366 e. The highest BCUT2D eigenvalue weighted by molar-refractivity contribution is 9.10. The Kier molecular flexibility index (Phi) is 5.78. The predicted octanol–water partition coefficient (Wildman–Crippen LogP) is 4.44. The maximum atomic E-state index is 11.7. The molecule has 2 aromatic rings. The second-order valence-corrected chi connectivity index (χ2v) is 8.27. The van der Waals surface area contributed by atoms with E-state index in [4.69, 9.17) is 0 Å². The molecule has 0 saturated carbocycles. The van der Waals surface area contributed by atoms with Gasteiger partial charge in [0, 0.05) is 16.6 Å². The number of aryl methyl sites for hydroxylation is 1. The Balaban J connectivity index is 0.00000182. The monoisotopic (exact) mass is 438 g/mol. The van der Waals surface area contributed by atoms with E-state index in [1.54, 1.807) is 11.8 Å². The molecule has 132 valence electrons. The number of benzene rings is 2. The molecule has 0 aliphatic carbocycles. The lowest BCUT2D eigenvalue weighted by Crippen LogP contribution is -2.48. The van der Waals surface area contributed by atoms with Crippen LogP contribution in [-0.4, -0.2) is 33.5 Å². The standard InChI is InChI=1S/C19H19BrN2OS.ClH/c20-16-9-7-15(8-10-16)19(23)17(24-18-21-12-13-22(18)19)11-6-14-4-2-1-3-5-14;/h1-5,7-10,17,23H,6,11-13H2;1H. The molecule has 0 radical (unpaired) electrons. The van der Waals surface area contributed by atoms with E-state index in [1.165, 1.54) is 5.56 Å². The molecule has 2 aliphatic rings. The lowest BCUT2D eigenvalue weighted by molar-refractivity contribution is -0.0671. The minimum atomic E-state index is -0.977. The van der Waals surface area contributed by atoms with Crippen molar-refractivity contribution >= 4 is 45.3 Å². The van der Waals surface area contributed by atoms with Gasteiger partial charge in [-0.05, 0) is 30.5 Å². The summed E-state index contributed by atoms with van der Waals surface area (Å²) in [4.78, 5) is 6.66. The van der Waals surface area contributed by atoms with Gasteiger partial charge in [-0.15, -0.1) is 12.4 Å². The van der Waals surface area contributed by atoms with Gasteiger partial charge in [-0.3, -0.25) is 4.99 Å². The summed E-state index contributed by atoms with van der Waals surface area (Å²) >= 11 is 5.20. The van der Waals surface area contributed by atoms with E-state index < -0.39 is 5.72 Å². The number of fused-ring (bicyclic) bond motifs is 1. The number of hydrogen-bond acceptors (Lipinski definition) is 4. The van der Waals surface area contributed by atoms with Crippen LogP contribution < -0.4 is 0 Å². The van der Waals surface area contributed by atoms with Crippen LogP contribution in [0.3, 0.4) is 0 Å². The van der Waals surface area contributed by atoms with Gasteiger partial charge in [-0.2, -0.15) is 0 Å². The fraction of sp³-hybridized carbons (Fsp3) is 0.316. The number of amidine groups is 1. The van der Waals surface area contributed by atoms with Gasteiger partial charge in [0.1, 0.15) is 0 Å². The average Bonchev–Trinajstić information content (AvgIpc) is 3.17. The van der Waals surface area contributed by atoms with E-state index in [2.05, 4.69) is 50.1 Å². The van der Waals surface area contributed by atoms with Gasteiger partial charge in [0.25, 0.3) is 0 Å². The molecule has 1 saturated heterocycles. The predicted molar refractivity (Wildman–Crippen MR) is 110 cm³/mol. The third kappa shape index (κ3) is 3.47. The molecule has 2 heterocycles. The first kappa shape index (κ1) is 18.8. The number of halogens is 2. The van der Waals surface area contributed by atoms with Crippen LogP contribution >= 0.6 is 40.1 Å². The highest BCUT2D eigenvalue weighted by Crippen LogP contribution is 2.48. The van der Waals surface area contributed by atoms with Crippen molar-refractivity contribution in [2.75, 3.05) is 13.1 Å². The van der Waals surface area contributed by atoms with Crippen molar-refractivity contribution in [3.8, 4) is 0 Å². The molecule has 2 aromatic carbocycles. The first-order valence-electron chi connectivity index (χ1n) is 8.19. The molecule has 0 aromatic heterocycles. The Morgan fingerprint density at radius 1 is 1.16 bits per heavy atom. The summed E-state index contributed by atoms with van der Waals surface area (Å²) in [6.45, 7) is 1.56. The van der Waals surface area contributed by atoms with E-state index in [0.717, 1.165) is 41.1 Å². The topological polar surface area (TPSA) is 35.8 Å². The van der Waals surface area contributed by atoms with Crippen LogP contribution in [0.4, 0.5) is 0 Å². The summed E-state index contributed by atoms with van der Waals surface area (Å²) in [7, 11) is 0.